The van der Waals surface area contributed by atoms with Crippen LogP contribution in [0.3, 0.4) is 0 Å². The summed E-state index contributed by atoms with van der Waals surface area (Å²) in [5, 5.41) is 10.4. The van der Waals surface area contributed by atoms with Crippen LogP contribution in [-0.4, -0.2) is 23.3 Å². The first-order valence-electron chi connectivity index (χ1n) is 5.34. The predicted octanol–water partition coefficient (Wildman–Crippen LogP) is 2.81. The standard InChI is InChI=1S/C12H13NO4S/c1-2-17-12(14)4-3-9-18-11-7-5-10(6-8-11)13(15)16/h3-8H,2,9H2,1H3/b4-3+. The highest BCUT2D eigenvalue weighted by Crippen LogP contribution is 2.21. The Morgan fingerprint density at radius 2 is 2.11 bits per heavy atom. The van der Waals surface area contributed by atoms with Crippen molar-refractivity contribution >= 4 is 23.4 Å². The molecule has 0 aliphatic carbocycles. The molecular weight excluding hydrogens is 254 g/mol. The molecule has 0 N–H and O–H groups in total. The van der Waals surface area contributed by atoms with Crippen molar-refractivity contribution in [3.63, 3.8) is 0 Å². The third kappa shape index (κ3) is 5.01. The Hall–Kier alpha value is -1.82. The molecular formula is C12H13NO4S. The predicted molar refractivity (Wildman–Crippen MR) is 69.6 cm³/mol. The van der Waals surface area contributed by atoms with E-state index in [-0.39, 0.29) is 11.7 Å². The van der Waals surface area contributed by atoms with Gasteiger partial charge in [-0.2, -0.15) is 0 Å². The van der Waals surface area contributed by atoms with Crippen LogP contribution in [0.1, 0.15) is 6.92 Å². The molecule has 1 aromatic rings. The number of benzene rings is 1. The Balaban J connectivity index is 2.40. The largest absolute Gasteiger partial charge is 0.463 e. The molecule has 0 unspecified atom stereocenters. The lowest BCUT2D eigenvalue weighted by Gasteiger charge is -1.98. The molecule has 0 aliphatic rings. The topological polar surface area (TPSA) is 69.4 Å². The first-order chi connectivity index (χ1) is 8.63. The van der Waals surface area contributed by atoms with Crippen molar-refractivity contribution in [3.05, 3.63) is 46.5 Å². The Labute approximate surface area is 109 Å². The van der Waals surface area contributed by atoms with Crippen molar-refractivity contribution in [2.24, 2.45) is 0 Å². The number of thioether (sulfide) groups is 1. The number of carbonyl (C=O) groups is 1. The van der Waals surface area contributed by atoms with Crippen LogP contribution in [0.15, 0.2) is 41.3 Å². The molecule has 1 aromatic carbocycles. The van der Waals surface area contributed by atoms with Crippen LogP contribution >= 0.6 is 11.8 Å². The Kier molecular flexibility index (Phi) is 5.93. The number of ether oxygens (including phenoxy) is 1. The molecule has 0 heterocycles. The van der Waals surface area contributed by atoms with E-state index >= 15 is 0 Å². The minimum atomic E-state index is -0.435. The maximum atomic E-state index is 11.0. The monoisotopic (exact) mass is 267 g/mol. The fourth-order valence-electron chi connectivity index (χ4n) is 1.14. The third-order valence-electron chi connectivity index (χ3n) is 1.93. The van der Waals surface area contributed by atoms with E-state index in [1.54, 1.807) is 25.1 Å². The summed E-state index contributed by atoms with van der Waals surface area (Å²) >= 11 is 1.48. The second-order valence-electron chi connectivity index (χ2n) is 3.22. The molecule has 18 heavy (non-hydrogen) atoms. The maximum absolute atomic E-state index is 11.0. The Bertz CT molecular complexity index is 442. The zero-order valence-corrected chi connectivity index (χ0v) is 10.7. The van der Waals surface area contributed by atoms with Crippen molar-refractivity contribution in [2.45, 2.75) is 11.8 Å². The average molecular weight is 267 g/mol. The fourth-order valence-corrected chi connectivity index (χ4v) is 1.86. The lowest BCUT2D eigenvalue weighted by Crippen LogP contribution is -1.98. The minimum absolute atomic E-state index is 0.0708. The Morgan fingerprint density at radius 1 is 1.44 bits per heavy atom. The van der Waals surface area contributed by atoms with Crippen LogP contribution in [0.25, 0.3) is 0 Å². The van der Waals surface area contributed by atoms with Gasteiger partial charge < -0.3 is 4.74 Å². The number of nitrogens with zero attached hydrogens (tertiary/aromatic N) is 1. The van der Waals surface area contributed by atoms with E-state index < -0.39 is 4.92 Å². The molecule has 0 saturated carbocycles. The van der Waals surface area contributed by atoms with Gasteiger partial charge in [-0.15, -0.1) is 11.8 Å². The summed E-state index contributed by atoms with van der Waals surface area (Å²) in [5.74, 6) is 0.248. The van der Waals surface area contributed by atoms with E-state index in [1.807, 2.05) is 0 Å². The number of nitro benzene ring substituents is 1. The van der Waals surface area contributed by atoms with Gasteiger partial charge >= 0.3 is 5.97 Å². The van der Waals surface area contributed by atoms with Gasteiger partial charge in [0.1, 0.15) is 0 Å². The summed E-state index contributed by atoms with van der Waals surface area (Å²) in [7, 11) is 0. The van der Waals surface area contributed by atoms with Crippen LogP contribution in [0.4, 0.5) is 5.69 Å². The normalized spacial score (nSPS) is 10.5. The van der Waals surface area contributed by atoms with Crippen LogP contribution in [-0.2, 0) is 9.53 Å². The summed E-state index contributed by atoms with van der Waals surface area (Å²) in [4.78, 5) is 21.9. The molecule has 0 aliphatic heterocycles. The van der Waals surface area contributed by atoms with Crippen molar-refractivity contribution in [1.29, 1.82) is 0 Å². The average Bonchev–Trinajstić information content (AvgIpc) is 2.35. The summed E-state index contributed by atoms with van der Waals surface area (Å²) in [6, 6.07) is 6.27. The van der Waals surface area contributed by atoms with E-state index in [0.29, 0.717) is 12.4 Å². The maximum Gasteiger partial charge on any atom is 0.330 e. The van der Waals surface area contributed by atoms with Gasteiger partial charge in [0.25, 0.3) is 5.69 Å². The van der Waals surface area contributed by atoms with Gasteiger partial charge in [0.05, 0.1) is 11.5 Å². The van der Waals surface area contributed by atoms with Crippen LogP contribution in [0.2, 0.25) is 0 Å². The minimum Gasteiger partial charge on any atom is -0.463 e. The summed E-state index contributed by atoms with van der Waals surface area (Å²) < 4.78 is 4.73. The number of nitro groups is 1. The number of hydrogen-bond donors (Lipinski definition) is 0. The van der Waals surface area contributed by atoms with E-state index in [2.05, 4.69) is 0 Å². The summed E-state index contributed by atoms with van der Waals surface area (Å²) in [6.45, 7) is 2.11. The Morgan fingerprint density at radius 3 is 2.67 bits per heavy atom. The van der Waals surface area contributed by atoms with Crippen LogP contribution in [0.5, 0.6) is 0 Å². The molecule has 96 valence electrons. The van der Waals surface area contributed by atoms with Crippen LogP contribution < -0.4 is 0 Å². The highest BCUT2D eigenvalue weighted by molar-refractivity contribution is 7.99. The van der Waals surface area contributed by atoms with Crippen molar-refractivity contribution in [2.75, 3.05) is 12.4 Å². The number of carbonyl (C=O) groups excluding carboxylic acids is 1. The van der Waals surface area contributed by atoms with Gasteiger partial charge in [-0.3, -0.25) is 10.1 Å². The van der Waals surface area contributed by atoms with E-state index in [9.17, 15) is 14.9 Å². The SMILES string of the molecule is CCOC(=O)/C=C/CSc1ccc([N+](=O)[O-])cc1. The third-order valence-corrected chi connectivity index (χ3v) is 2.90. The molecule has 0 atom stereocenters. The molecule has 0 radical (unpaired) electrons. The van der Waals surface area contributed by atoms with Crippen molar-refractivity contribution in [3.8, 4) is 0 Å². The van der Waals surface area contributed by atoms with Gasteiger partial charge in [0.15, 0.2) is 0 Å². The molecule has 6 heteroatoms. The molecule has 1 rings (SSSR count). The molecule has 0 aromatic heterocycles. The second-order valence-corrected chi connectivity index (χ2v) is 4.31. The fraction of sp³-hybridized carbons (Fsp3) is 0.250. The molecule has 0 amide bonds. The zero-order chi connectivity index (χ0) is 13.4. The number of hydrogen-bond acceptors (Lipinski definition) is 5. The first-order valence-corrected chi connectivity index (χ1v) is 6.32. The van der Waals surface area contributed by atoms with Crippen LogP contribution in [0, 0.1) is 10.1 Å². The van der Waals surface area contributed by atoms with Gasteiger partial charge in [-0.25, -0.2) is 4.79 Å². The summed E-state index contributed by atoms with van der Waals surface area (Å²) in [5.41, 5.74) is 0.0708. The lowest BCUT2D eigenvalue weighted by atomic mass is 10.3. The summed E-state index contributed by atoms with van der Waals surface area (Å²) in [6.07, 6.45) is 3.08. The molecule has 0 fully saturated rings. The first kappa shape index (κ1) is 14.2. The highest BCUT2D eigenvalue weighted by atomic mass is 32.2. The zero-order valence-electron chi connectivity index (χ0n) is 9.87. The van der Waals surface area contributed by atoms with Gasteiger partial charge in [-0.1, -0.05) is 6.08 Å². The number of esters is 1. The molecule has 0 saturated heterocycles. The second kappa shape index (κ2) is 7.50. The number of rotatable bonds is 6. The lowest BCUT2D eigenvalue weighted by molar-refractivity contribution is -0.384. The van der Waals surface area contributed by atoms with E-state index in [4.69, 9.17) is 4.74 Å². The molecule has 0 bridgehead atoms. The van der Waals surface area contributed by atoms with E-state index in [0.717, 1.165) is 4.90 Å². The van der Waals surface area contributed by atoms with Crippen molar-refractivity contribution in [1.82, 2.24) is 0 Å². The number of non-ortho nitro benzene ring substituents is 1. The molecule has 5 nitrogen and oxygen atoms in total. The van der Waals surface area contributed by atoms with Gasteiger partial charge in [-0.05, 0) is 19.1 Å². The smallest absolute Gasteiger partial charge is 0.330 e. The van der Waals surface area contributed by atoms with Gasteiger partial charge in [0.2, 0.25) is 0 Å². The quantitative estimate of drug-likeness (QED) is 0.260. The van der Waals surface area contributed by atoms with Gasteiger partial charge in [0, 0.05) is 28.9 Å². The molecule has 0 spiro atoms. The van der Waals surface area contributed by atoms with E-state index in [1.165, 1.54) is 30.0 Å². The highest BCUT2D eigenvalue weighted by Gasteiger charge is 2.03. The van der Waals surface area contributed by atoms with Crippen molar-refractivity contribution < 1.29 is 14.5 Å².